The van der Waals surface area contributed by atoms with Gasteiger partial charge in [0.2, 0.25) is 0 Å². The molecule has 1 heterocycles. The maximum atomic E-state index is 10.9. The second kappa shape index (κ2) is 5.42. The first-order chi connectivity index (χ1) is 8.10. The summed E-state index contributed by atoms with van der Waals surface area (Å²) in [5.74, 6) is -0.975. The lowest BCUT2D eigenvalue weighted by Crippen LogP contribution is -2.17. The summed E-state index contributed by atoms with van der Waals surface area (Å²) in [5.41, 5.74) is 1.16. The van der Waals surface area contributed by atoms with Crippen LogP contribution in [0.25, 0.3) is 0 Å². The van der Waals surface area contributed by atoms with Gasteiger partial charge in [-0.15, -0.1) is 11.8 Å². The number of carboxylic acid groups (broad SMARTS) is 1. The van der Waals surface area contributed by atoms with Gasteiger partial charge in [0.05, 0.1) is 5.92 Å². The molecule has 17 heavy (non-hydrogen) atoms. The summed E-state index contributed by atoms with van der Waals surface area (Å²) in [6.07, 6.45) is 2.70. The van der Waals surface area contributed by atoms with E-state index < -0.39 is 5.97 Å². The van der Waals surface area contributed by atoms with E-state index in [0.717, 1.165) is 10.0 Å². The van der Waals surface area contributed by atoms with Crippen molar-refractivity contribution >= 4 is 33.7 Å². The second-order valence-corrected chi connectivity index (χ2v) is 5.95. The summed E-state index contributed by atoms with van der Waals surface area (Å²) in [6, 6.07) is 6.40. The number of hydrogen-bond acceptors (Lipinski definition) is 3. The Morgan fingerprint density at radius 1 is 1.53 bits per heavy atom. The zero-order valence-corrected chi connectivity index (χ0v) is 11.8. The summed E-state index contributed by atoms with van der Waals surface area (Å²) in [4.78, 5) is 12.1. The summed E-state index contributed by atoms with van der Waals surface area (Å²) < 4.78 is 1.04. The predicted molar refractivity (Wildman–Crippen MR) is 72.4 cm³/mol. The van der Waals surface area contributed by atoms with Gasteiger partial charge in [-0.05, 0) is 36.4 Å². The van der Waals surface area contributed by atoms with Gasteiger partial charge in [0.15, 0.2) is 0 Å². The van der Waals surface area contributed by atoms with Crippen molar-refractivity contribution in [2.24, 2.45) is 5.92 Å². The molecule has 2 atom stereocenters. The monoisotopic (exact) mass is 315 g/mol. The van der Waals surface area contributed by atoms with E-state index in [1.165, 1.54) is 4.90 Å². The van der Waals surface area contributed by atoms with Crippen LogP contribution >= 0.6 is 27.7 Å². The van der Waals surface area contributed by atoms with E-state index in [0.29, 0.717) is 13.0 Å². The maximum Gasteiger partial charge on any atom is 0.307 e. The molecule has 2 rings (SSSR count). The van der Waals surface area contributed by atoms with E-state index in [2.05, 4.69) is 39.4 Å². The molecule has 0 amide bonds. The molecule has 1 aromatic rings. The quantitative estimate of drug-likeness (QED) is 0.842. The number of carboxylic acids is 1. The number of rotatable bonds is 3. The van der Waals surface area contributed by atoms with Crippen LogP contribution in [-0.4, -0.2) is 23.9 Å². The summed E-state index contributed by atoms with van der Waals surface area (Å²) in [7, 11) is 0. The third-order valence-electron chi connectivity index (χ3n) is 3.01. The van der Waals surface area contributed by atoms with Crippen molar-refractivity contribution in [3.05, 3.63) is 28.2 Å². The number of nitrogens with one attached hydrogen (secondary N) is 1. The fraction of sp³-hybridized carbons (Fsp3) is 0.417. The number of benzene rings is 1. The Kier molecular flexibility index (Phi) is 4.12. The topological polar surface area (TPSA) is 49.3 Å². The van der Waals surface area contributed by atoms with Gasteiger partial charge in [0.1, 0.15) is 0 Å². The van der Waals surface area contributed by atoms with Gasteiger partial charge in [0, 0.05) is 22.0 Å². The van der Waals surface area contributed by atoms with E-state index in [-0.39, 0.29) is 12.0 Å². The SMILES string of the molecule is CSc1cc(Br)cc(C2CC(C(=O)O)CN2)c1. The highest BCUT2D eigenvalue weighted by atomic mass is 79.9. The third kappa shape index (κ3) is 3.03. The van der Waals surface area contributed by atoms with Crippen molar-refractivity contribution in [2.45, 2.75) is 17.4 Å². The van der Waals surface area contributed by atoms with E-state index >= 15 is 0 Å². The Labute approximate surface area is 113 Å². The summed E-state index contributed by atoms with van der Waals surface area (Å²) in [5, 5.41) is 12.3. The van der Waals surface area contributed by atoms with Crippen LogP contribution in [-0.2, 0) is 4.79 Å². The first kappa shape index (κ1) is 12.9. The molecule has 1 aliphatic heterocycles. The van der Waals surface area contributed by atoms with Crippen molar-refractivity contribution in [1.82, 2.24) is 5.32 Å². The molecule has 5 heteroatoms. The molecule has 3 nitrogen and oxygen atoms in total. The van der Waals surface area contributed by atoms with Crippen LogP contribution < -0.4 is 5.32 Å². The normalized spacial score (nSPS) is 23.9. The molecule has 2 N–H and O–H groups in total. The van der Waals surface area contributed by atoms with Gasteiger partial charge in [-0.2, -0.15) is 0 Å². The largest absolute Gasteiger partial charge is 0.481 e. The maximum absolute atomic E-state index is 10.9. The smallest absolute Gasteiger partial charge is 0.307 e. The Morgan fingerprint density at radius 3 is 2.88 bits per heavy atom. The molecule has 0 saturated carbocycles. The Morgan fingerprint density at radius 2 is 2.29 bits per heavy atom. The van der Waals surface area contributed by atoms with Gasteiger partial charge in [0.25, 0.3) is 0 Å². The highest BCUT2D eigenvalue weighted by Gasteiger charge is 2.30. The van der Waals surface area contributed by atoms with Crippen molar-refractivity contribution in [3.63, 3.8) is 0 Å². The molecule has 0 bridgehead atoms. The second-order valence-electron chi connectivity index (χ2n) is 4.16. The number of halogens is 1. The molecule has 1 fully saturated rings. The first-order valence-electron chi connectivity index (χ1n) is 5.41. The lowest BCUT2D eigenvalue weighted by atomic mass is 10.0. The highest BCUT2D eigenvalue weighted by Crippen LogP contribution is 2.31. The zero-order valence-electron chi connectivity index (χ0n) is 9.44. The molecule has 92 valence electrons. The van der Waals surface area contributed by atoms with E-state index in [1.807, 2.05) is 6.26 Å². The molecule has 1 aromatic carbocycles. The van der Waals surface area contributed by atoms with Crippen LogP contribution in [0.3, 0.4) is 0 Å². The summed E-state index contributed by atoms with van der Waals surface area (Å²) in [6.45, 7) is 0.557. The number of hydrogen-bond donors (Lipinski definition) is 2. The highest BCUT2D eigenvalue weighted by molar-refractivity contribution is 9.10. The lowest BCUT2D eigenvalue weighted by Gasteiger charge is -2.12. The number of thioether (sulfide) groups is 1. The Hall–Kier alpha value is -0.520. The van der Waals surface area contributed by atoms with Gasteiger partial charge < -0.3 is 10.4 Å². The van der Waals surface area contributed by atoms with Gasteiger partial charge in [-0.25, -0.2) is 0 Å². The van der Waals surface area contributed by atoms with Crippen molar-refractivity contribution in [2.75, 3.05) is 12.8 Å². The fourth-order valence-corrected chi connectivity index (χ4v) is 3.24. The average molecular weight is 316 g/mol. The molecule has 1 saturated heterocycles. The molecule has 0 spiro atoms. The summed E-state index contributed by atoms with van der Waals surface area (Å²) >= 11 is 5.18. The van der Waals surface area contributed by atoms with Gasteiger partial charge in [-0.1, -0.05) is 15.9 Å². The van der Waals surface area contributed by atoms with Crippen LogP contribution in [0.15, 0.2) is 27.6 Å². The number of aliphatic carboxylic acids is 1. The molecule has 0 radical (unpaired) electrons. The van der Waals surface area contributed by atoms with Crippen molar-refractivity contribution in [1.29, 1.82) is 0 Å². The van der Waals surface area contributed by atoms with Crippen LogP contribution in [0.4, 0.5) is 0 Å². The Balaban J connectivity index is 2.18. The fourth-order valence-electron chi connectivity index (χ4n) is 2.08. The third-order valence-corrected chi connectivity index (χ3v) is 4.18. The van der Waals surface area contributed by atoms with Crippen LogP contribution in [0.5, 0.6) is 0 Å². The first-order valence-corrected chi connectivity index (χ1v) is 7.42. The van der Waals surface area contributed by atoms with Crippen molar-refractivity contribution < 1.29 is 9.90 Å². The van der Waals surface area contributed by atoms with E-state index in [1.54, 1.807) is 11.8 Å². The number of carbonyl (C=O) groups is 1. The van der Waals surface area contributed by atoms with Gasteiger partial charge >= 0.3 is 5.97 Å². The van der Waals surface area contributed by atoms with Crippen molar-refractivity contribution in [3.8, 4) is 0 Å². The molecule has 2 unspecified atom stereocenters. The zero-order chi connectivity index (χ0) is 12.4. The predicted octanol–water partition coefficient (Wildman–Crippen LogP) is 2.91. The van der Waals surface area contributed by atoms with Crippen LogP contribution in [0.1, 0.15) is 18.0 Å². The standard InChI is InChI=1S/C12H14BrNO2S/c1-17-10-3-7(2-9(13)5-10)11-4-8(6-14-11)12(15)16/h2-3,5,8,11,14H,4,6H2,1H3,(H,15,16). The van der Waals surface area contributed by atoms with Gasteiger partial charge in [-0.3, -0.25) is 4.79 Å². The molecule has 0 aromatic heterocycles. The molecular formula is C12H14BrNO2S. The molecule has 0 aliphatic carbocycles. The molecular weight excluding hydrogens is 302 g/mol. The Bertz CT molecular complexity index is 439. The van der Waals surface area contributed by atoms with Crippen LogP contribution in [0, 0.1) is 5.92 Å². The lowest BCUT2D eigenvalue weighted by molar-refractivity contribution is -0.141. The minimum atomic E-state index is -0.708. The van der Waals surface area contributed by atoms with Crippen LogP contribution in [0.2, 0.25) is 0 Å². The molecule has 1 aliphatic rings. The van der Waals surface area contributed by atoms with E-state index in [9.17, 15) is 4.79 Å². The van der Waals surface area contributed by atoms with E-state index in [4.69, 9.17) is 5.11 Å². The average Bonchev–Trinajstić information content (AvgIpc) is 2.77. The minimum absolute atomic E-state index is 0.152. The minimum Gasteiger partial charge on any atom is -0.481 e.